The van der Waals surface area contributed by atoms with Gasteiger partial charge in [-0.15, -0.1) is 0 Å². The van der Waals surface area contributed by atoms with Gasteiger partial charge in [0.05, 0.1) is 14.2 Å². The van der Waals surface area contributed by atoms with E-state index in [4.69, 9.17) is 4.18 Å². The van der Waals surface area contributed by atoms with Gasteiger partial charge >= 0.3 is 0 Å². The fourth-order valence-corrected chi connectivity index (χ4v) is 7.32. The molecule has 1 saturated carbocycles. The zero-order valence-corrected chi connectivity index (χ0v) is 14.5. The molecule has 0 bridgehead atoms. The third kappa shape index (κ3) is 3.15. The van der Waals surface area contributed by atoms with Crippen molar-refractivity contribution in [1.29, 1.82) is 0 Å². The molecule has 1 aromatic rings. The molecular formula is C15H24O3SSi. The Kier molecular flexibility index (Phi) is 4.15. The second kappa shape index (κ2) is 5.28. The predicted octanol–water partition coefficient (Wildman–Crippen LogP) is 3.79. The second-order valence-electron chi connectivity index (χ2n) is 6.74. The monoisotopic (exact) mass is 312 g/mol. The van der Waals surface area contributed by atoms with Crippen molar-refractivity contribution in [2.24, 2.45) is 0 Å². The topological polar surface area (TPSA) is 43.4 Å². The molecule has 1 aromatic carbocycles. The largest absolute Gasteiger partial charge is 0.271 e. The maximum atomic E-state index is 12.2. The van der Waals surface area contributed by atoms with E-state index in [9.17, 15) is 8.42 Å². The maximum Gasteiger partial charge on any atom is 0.271 e. The molecule has 112 valence electrons. The van der Waals surface area contributed by atoms with Gasteiger partial charge in [0.1, 0.15) is 5.75 Å². The quantitative estimate of drug-likeness (QED) is 0.593. The molecule has 20 heavy (non-hydrogen) atoms. The normalized spacial score (nSPS) is 26.5. The van der Waals surface area contributed by atoms with E-state index >= 15 is 0 Å². The van der Waals surface area contributed by atoms with Gasteiger partial charge in [-0.1, -0.05) is 63.3 Å². The Bertz CT molecular complexity index is 563. The number of benzene rings is 1. The molecule has 2 rings (SSSR count). The third-order valence-corrected chi connectivity index (χ3v) is 9.66. The van der Waals surface area contributed by atoms with Crippen molar-refractivity contribution in [1.82, 2.24) is 0 Å². The molecule has 0 aliphatic heterocycles. The van der Waals surface area contributed by atoms with Gasteiger partial charge in [0.15, 0.2) is 0 Å². The van der Waals surface area contributed by atoms with E-state index < -0.39 is 18.2 Å². The summed E-state index contributed by atoms with van der Waals surface area (Å²) in [5.41, 5.74) is 0.781. The molecule has 0 heterocycles. The summed E-state index contributed by atoms with van der Waals surface area (Å²) in [5.74, 6) is -0.0319. The molecule has 0 spiro atoms. The number of hydrogen-bond donors (Lipinski definition) is 0. The van der Waals surface area contributed by atoms with Crippen molar-refractivity contribution in [2.75, 3.05) is 0 Å². The van der Waals surface area contributed by atoms with Crippen molar-refractivity contribution in [3.63, 3.8) is 0 Å². The highest BCUT2D eigenvalue weighted by molar-refractivity contribution is 7.85. The first-order valence-electron chi connectivity index (χ1n) is 7.15. The summed E-state index contributed by atoms with van der Waals surface area (Å²) in [5, 5.41) is 0.136. The van der Waals surface area contributed by atoms with Crippen LogP contribution >= 0.6 is 0 Å². The van der Waals surface area contributed by atoms with Crippen LogP contribution in [0.4, 0.5) is 0 Å². The van der Waals surface area contributed by atoms with Crippen molar-refractivity contribution in [3.8, 4) is 0 Å². The Morgan fingerprint density at radius 2 is 1.85 bits per heavy atom. The Morgan fingerprint density at radius 1 is 1.25 bits per heavy atom. The fraction of sp³-hybridized carbons (Fsp3) is 0.600. The smallest absolute Gasteiger partial charge is 0.266 e. The highest BCUT2D eigenvalue weighted by atomic mass is 32.2. The van der Waals surface area contributed by atoms with Crippen LogP contribution < -0.4 is 0 Å². The number of hydrogen-bond acceptors (Lipinski definition) is 3. The van der Waals surface area contributed by atoms with Crippen molar-refractivity contribution >= 4 is 18.2 Å². The van der Waals surface area contributed by atoms with Crippen molar-refractivity contribution < 1.29 is 12.6 Å². The van der Waals surface area contributed by atoms with Crippen LogP contribution in [-0.4, -0.2) is 22.6 Å². The standard InChI is InChI=1S/C15H24O3SSi/c1-5-15(20(2,3)4)11-14(15)18-19(16,17)12-13-9-7-6-8-10-13/h6-10,14H,5,11-12H2,1-4H3. The first-order valence-corrected chi connectivity index (χ1v) is 12.2. The lowest BCUT2D eigenvalue weighted by atomic mass is 10.2. The van der Waals surface area contributed by atoms with E-state index in [1.807, 2.05) is 30.3 Å². The highest BCUT2D eigenvalue weighted by Crippen LogP contribution is 2.65. The van der Waals surface area contributed by atoms with E-state index in [-0.39, 0.29) is 16.9 Å². The Morgan fingerprint density at radius 3 is 2.30 bits per heavy atom. The molecule has 1 fully saturated rings. The minimum absolute atomic E-state index is 0.0319. The Hall–Kier alpha value is -0.653. The zero-order chi connectivity index (χ0) is 15.0. The molecule has 0 saturated heterocycles. The van der Waals surface area contributed by atoms with Crippen LogP contribution in [0.5, 0.6) is 0 Å². The molecule has 0 aromatic heterocycles. The molecule has 1 aliphatic carbocycles. The second-order valence-corrected chi connectivity index (χ2v) is 13.8. The van der Waals surface area contributed by atoms with E-state index in [2.05, 4.69) is 26.6 Å². The van der Waals surface area contributed by atoms with Crippen LogP contribution in [0.15, 0.2) is 30.3 Å². The van der Waals surface area contributed by atoms with Gasteiger partial charge in [0, 0.05) is 0 Å². The van der Waals surface area contributed by atoms with Gasteiger partial charge in [-0.3, -0.25) is 4.18 Å². The van der Waals surface area contributed by atoms with Crippen LogP contribution in [-0.2, 0) is 20.1 Å². The average molecular weight is 313 g/mol. The summed E-state index contributed by atoms with van der Waals surface area (Å²) in [7, 11) is -4.91. The molecule has 1 aliphatic rings. The summed E-state index contributed by atoms with van der Waals surface area (Å²) >= 11 is 0. The molecule has 0 N–H and O–H groups in total. The molecule has 3 nitrogen and oxygen atoms in total. The van der Waals surface area contributed by atoms with Gasteiger partial charge in [-0.05, 0) is 17.0 Å². The number of rotatable bonds is 6. The third-order valence-electron chi connectivity index (χ3n) is 4.58. The van der Waals surface area contributed by atoms with Gasteiger partial charge in [-0.25, -0.2) is 0 Å². The Balaban J connectivity index is 2.05. The lowest BCUT2D eigenvalue weighted by Crippen LogP contribution is -2.32. The molecule has 2 atom stereocenters. The minimum Gasteiger partial charge on any atom is -0.266 e. The van der Waals surface area contributed by atoms with E-state index in [0.29, 0.717) is 0 Å². The summed E-state index contributed by atoms with van der Waals surface area (Å²) in [6, 6.07) is 9.21. The van der Waals surface area contributed by atoms with Crippen LogP contribution in [0.1, 0.15) is 25.3 Å². The van der Waals surface area contributed by atoms with Gasteiger partial charge < -0.3 is 0 Å². The molecule has 2 unspecified atom stereocenters. The first kappa shape index (κ1) is 15.7. The molecule has 5 heteroatoms. The van der Waals surface area contributed by atoms with Gasteiger partial charge in [-0.2, -0.15) is 8.42 Å². The molecule has 0 amide bonds. The zero-order valence-electron chi connectivity index (χ0n) is 12.7. The summed E-state index contributed by atoms with van der Waals surface area (Å²) in [4.78, 5) is 0. The van der Waals surface area contributed by atoms with E-state index in [1.54, 1.807) is 0 Å². The van der Waals surface area contributed by atoms with Crippen LogP contribution in [0.2, 0.25) is 24.7 Å². The van der Waals surface area contributed by atoms with Gasteiger partial charge in [0.25, 0.3) is 10.1 Å². The molecule has 0 radical (unpaired) electrons. The van der Waals surface area contributed by atoms with Crippen LogP contribution in [0.3, 0.4) is 0 Å². The lowest BCUT2D eigenvalue weighted by molar-refractivity contribution is 0.287. The average Bonchev–Trinajstić information content (AvgIpc) is 3.03. The SMILES string of the molecule is CCC1([Si](C)(C)C)CC1OS(=O)(=O)Cc1ccccc1. The van der Waals surface area contributed by atoms with Crippen LogP contribution in [0, 0.1) is 0 Å². The fourth-order valence-electron chi connectivity index (χ4n) is 3.08. The van der Waals surface area contributed by atoms with E-state index in [1.165, 1.54) is 0 Å². The Labute approximate surface area is 123 Å². The van der Waals surface area contributed by atoms with Crippen molar-refractivity contribution in [2.45, 2.75) is 56.3 Å². The van der Waals surface area contributed by atoms with Crippen LogP contribution in [0.25, 0.3) is 0 Å². The highest BCUT2D eigenvalue weighted by Gasteiger charge is 2.62. The van der Waals surface area contributed by atoms with Gasteiger partial charge in [0.2, 0.25) is 0 Å². The summed E-state index contributed by atoms with van der Waals surface area (Å²) < 4.78 is 29.8. The minimum atomic E-state index is -3.49. The lowest BCUT2D eigenvalue weighted by Gasteiger charge is -2.28. The first-order chi connectivity index (χ1) is 9.20. The predicted molar refractivity (Wildman–Crippen MR) is 84.9 cm³/mol. The summed E-state index contributed by atoms with van der Waals surface area (Å²) in [6.07, 6.45) is 1.80. The summed E-state index contributed by atoms with van der Waals surface area (Å²) in [6.45, 7) is 9.03. The van der Waals surface area contributed by atoms with Crippen molar-refractivity contribution in [3.05, 3.63) is 35.9 Å². The van der Waals surface area contributed by atoms with E-state index in [0.717, 1.165) is 18.4 Å². The molecular weight excluding hydrogens is 288 g/mol. The maximum absolute atomic E-state index is 12.2.